The maximum absolute atomic E-state index is 10.4. The number of hydrogen-bond acceptors (Lipinski definition) is 2. The molecule has 1 saturated heterocycles. The fourth-order valence-electron chi connectivity index (χ4n) is 1.19. The van der Waals surface area contributed by atoms with Crippen molar-refractivity contribution in [2.45, 2.75) is 6.92 Å². The van der Waals surface area contributed by atoms with E-state index in [1.54, 1.807) is 6.92 Å². The molecule has 1 aliphatic heterocycles. The molecule has 1 amide bonds. The van der Waals surface area contributed by atoms with Gasteiger partial charge in [-0.15, -0.1) is 0 Å². The van der Waals surface area contributed by atoms with Crippen LogP contribution in [0.1, 0.15) is 6.92 Å². The number of amides is 1. The summed E-state index contributed by atoms with van der Waals surface area (Å²) in [7, 11) is 0. The Bertz CT molecular complexity index is 209. The second-order valence-electron chi connectivity index (χ2n) is 3.07. The molecule has 5 nitrogen and oxygen atoms in total. The first-order chi connectivity index (χ1) is 5.52. The van der Waals surface area contributed by atoms with Gasteiger partial charge in [0.2, 0.25) is 0 Å². The van der Waals surface area contributed by atoms with Crippen LogP contribution in [0.3, 0.4) is 0 Å². The monoisotopic (exact) mass is 173 g/mol. The van der Waals surface area contributed by atoms with Crippen LogP contribution < -0.4 is 0 Å². The normalized spacial score (nSPS) is 19.9. The third-order valence-electron chi connectivity index (χ3n) is 2.28. The second-order valence-corrected chi connectivity index (χ2v) is 3.07. The molecule has 0 radical (unpaired) electrons. The number of carboxylic acids is 1. The van der Waals surface area contributed by atoms with E-state index in [9.17, 15) is 9.59 Å². The zero-order chi connectivity index (χ0) is 9.30. The number of aliphatic carboxylic acids is 1. The minimum atomic E-state index is -0.969. The van der Waals surface area contributed by atoms with E-state index in [1.807, 2.05) is 0 Å². The van der Waals surface area contributed by atoms with Crippen molar-refractivity contribution in [3.63, 3.8) is 0 Å². The van der Waals surface area contributed by atoms with Gasteiger partial charge in [-0.05, 0) is 0 Å². The largest absolute Gasteiger partial charge is 0.481 e. The highest BCUT2D eigenvalue weighted by atomic mass is 16.4. The molecule has 1 heterocycles. The zero-order valence-electron chi connectivity index (χ0n) is 6.73. The average Bonchev–Trinajstić information content (AvgIpc) is 1.82. The predicted molar refractivity (Wildman–Crippen MR) is 39.9 cm³/mol. The smallest absolute Gasteiger partial charge is 0.407 e. The molecule has 0 spiro atoms. The predicted octanol–water partition coefficient (Wildman–Crippen LogP) is 0.317. The summed E-state index contributed by atoms with van der Waals surface area (Å²) in [5.74, 6) is -1.32. The summed E-state index contributed by atoms with van der Waals surface area (Å²) in [6.07, 6.45) is -0.969. The highest BCUT2D eigenvalue weighted by Crippen LogP contribution is 2.23. The van der Waals surface area contributed by atoms with E-state index < -0.39 is 18.0 Å². The molecule has 1 unspecified atom stereocenters. The Balaban J connectivity index is 2.34. The van der Waals surface area contributed by atoms with Crippen LogP contribution in [0.15, 0.2) is 0 Å². The van der Waals surface area contributed by atoms with Gasteiger partial charge in [-0.2, -0.15) is 0 Å². The SMILES string of the molecule is CC(C(=O)O)C1CN(C(=O)O)C1. The molecule has 2 N–H and O–H groups in total. The Morgan fingerprint density at radius 1 is 1.42 bits per heavy atom. The average molecular weight is 173 g/mol. The Hall–Kier alpha value is -1.26. The zero-order valence-corrected chi connectivity index (χ0v) is 6.73. The van der Waals surface area contributed by atoms with Crippen LogP contribution >= 0.6 is 0 Å². The first-order valence-electron chi connectivity index (χ1n) is 3.73. The van der Waals surface area contributed by atoms with Crippen LogP contribution in [0.2, 0.25) is 0 Å². The summed E-state index contributed by atoms with van der Waals surface area (Å²) < 4.78 is 0. The third kappa shape index (κ3) is 1.49. The summed E-state index contributed by atoms with van der Waals surface area (Å²) in [6.45, 7) is 2.30. The van der Waals surface area contributed by atoms with Crippen molar-refractivity contribution in [2.24, 2.45) is 11.8 Å². The minimum absolute atomic E-state index is 0.0152. The number of nitrogens with zero attached hydrogens (tertiary/aromatic N) is 1. The minimum Gasteiger partial charge on any atom is -0.481 e. The van der Waals surface area contributed by atoms with E-state index in [1.165, 1.54) is 4.90 Å². The number of rotatable bonds is 2. The highest BCUT2D eigenvalue weighted by Gasteiger charge is 2.36. The second kappa shape index (κ2) is 3.00. The molecule has 0 saturated carbocycles. The van der Waals surface area contributed by atoms with Crippen molar-refractivity contribution in [3.05, 3.63) is 0 Å². The van der Waals surface area contributed by atoms with Crippen LogP contribution in [0.5, 0.6) is 0 Å². The number of carboxylic acid groups (broad SMARTS) is 2. The van der Waals surface area contributed by atoms with Gasteiger partial charge in [0.15, 0.2) is 0 Å². The number of likely N-dealkylation sites (tertiary alicyclic amines) is 1. The van der Waals surface area contributed by atoms with Gasteiger partial charge in [0.05, 0.1) is 5.92 Å². The number of hydrogen-bond donors (Lipinski definition) is 2. The molecule has 0 aromatic carbocycles. The van der Waals surface area contributed by atoms with Gasteiger partial charge in [-0.3, -0.25) is 4.79 Å². The van der Waals surface area contributed by atoms with Crippen LogP contribution in [0.25, 0.3) is 0 Å². The van der Waals surface area contributed by atoms with E-state index in [0.29, 0.717) is 13.1 Å². The Morgan fingerprint density at radius 3 is 2.25 bits per heavy atom. The maximum atomic E-state index is 10.4. The lowest BCUT2D eigenvalue weighted by molar-refractivity contribution is -0.145. The summed E-state index contributed by atoms with van der Waals surface area (Å²) in [5, 5.41) is 17.0. The first-order valence-corrected chi connectivity index (χ1v) is 3.73. The molecule has 68 valence electrons. The highest BCUT2D eigenvalue weighted by molar-refractivity contribution is 5.71. The maximum Gasteiger partial charge on any atom is 0.407 e. The molecule has 12 heavy (non-hydrogen) atoms. The van der Waals surface area contributed by atoms with Crippen molar-refractivity contribution in [2.75, 3.05) is 13.1 Å². The van der Waals surface area contributed by atoms with Gasteiger partial charge >= 0.3 is 12.1 Å². The van der Waals surface area contributed by atoms with Crippen LogP contribution in [0, 0.1) is 11.8 Å². The van der Waals surface area contributed by atoms with Gasteiger partial charge in [-0.1, -0.05) is 6.92 Å². The van der Waals surface area contributed by atoms with Crippen molar-refractivity contribution in [1.29, 1.82) is 0 Å². The molecular formula is C7H11NO4. The Labute approximate surface area is 69.6 Å². The summed E-state index contributed by atoms with van der Waals surface area (Å²) >= 11 is 0. The Morgan fingerprint density at radius 2 is 1.92 bits per heavy atom. The lowest BCUT2D eigenvalue weighted by atomic mass is 9.87. The summed E-state index contributed by atoms with van der Waals surface area (Å²) in [5.41, 5.74) is 0. The first kappa shape index (κ1) is 8.83. The molecule has 0 aliphatic carbocycles. The van der Waals surface area contributed by atoms with Crippen molar-refractivity contribution in [1.82, 2.24) is 4.90 Å². The summed E-state index contributed by atoms with van der Waals surface area (Å²) in [6, 6.07) is 0. The van der Waals surface area contributed by atoms with E-state index in [-0.39, 0.29) is 5.92 Å². The lowest BCUT2D eigenvalue weighted by Crippen LogP contribution is -2.52. The van der Waals surface area contributed by atoms with Crippen LogP contribution in [0.4, 0.5) is 4.79 Å². The number of carbonyl (C=O) groups is 2. The fourth-order valence-corrected chi connectivity index (χ4v) is 1.19. The fraction of sp³-hybridized carbons (Fsp3) is 0.714. The molecular weight excluding hydrogens is 162 g/mol. The van der Waals surface area contributed by atoms with Crippen molar-refractivity contribution < 1.29 is 19.8 Å². The Kier molecular flexibility index (Phi) is 2.21. The van der Waals surface area contributed by atoms with Gasteiger partial charge < -0.3 is 15.1 Å². The van der Waals surface area contributed by atoms with Gasteiger partial charge in [0, 0.05) is 19.0 Å². The van der Waals surface area contributed by atoms with Crippen LogP contribution in [-0.4, -0.2) is 40.3 Å². The molecule has 0 aromatic rings. The van der Waals surface area contributed by atoms with Gasteiger partial charge in [0.1, 0.15) is 0 Å². The van der Waals surface area contributed by atoms with Crippen molar-refractivity contribution in [3.8, 4) is 0 Å². The summed E-state index contributed by atoms with van der Waals surface area (Å²) in [4.78, 5) is 22.0. The van der Waals surface area contributed by atoms with Crippen LogP contribution in [-0.2, 0) is 4.79 Å². The molecule has 1 fully saturated rings. The molecule has 1 rings (SSSR count). The molecule has 1 aliphatic rings. The van der Waals surface area contributed by atoms with E-state index in [2.05, 4.69) is 0 Å². The van der Waals surface area contributed by atoms with Crippen molar-refractivity contribution >= 4 is 12.1 Å². The molecule has 0 bridgehead atoms. The molecule has 5 heteroatoms. The quantitative estimate of drug-likeness (QED) is 0.630. The van der Waals surface area contributed by atoms with E-state index >= 15 is 0 Å². The molecule has 1 atom stereocenters. The van der Waals surface area contributed by atoms with Gasteiger partial charge in [0.25, 0.3) is 0 Å². The molecule has 0 aromatic heterocycles. The third-order valence-corrected chi connectivity index (χ3v) is 2.28. The van der Waals surface area contributed by atoms with E-state index in [4.69, 9.17) is 10.2 Å². The van der Waals surface area contributed by atoms with Gasteiger partial charge in [-0.25, -0.2) is 4.79 Å². The topological polar surface area (TPSA) is 77.8 Å². The lowest BCUT2D eigenvalue weighted by Gasteiger charge is -2.39. The van der Waals surface area contributed by atoms with E-state index in [0.717, 1.165) is 0 Å². The standard InChI is InChI=1S/C7H11NO4/c1-4(6(9)10)5-2-8(3-5)7(11)12/h4-5H,2-3H2,1H3,(H,9,10)(H,11,12).